The standard InChI is InChI=1S/C10H8ClN3O3/c1-14-8(10(16)17-13-14)9(15)12-7-4-2-6(11)3-5-7/h2-5H,1H3,(H-,12,13,15,16). The summed E-state index contributed by atoms with van der Waals surface area (Å²) in [7, 11) is 1.48. The number of aliphatic imine (C=N–C) groups is 1. The van der Waals surface area contributed by atoms with E-state index < -0.39 is 11.5 Å². The molecule has 0 aliphatic heterocycles. The van der Waals surface area contributed by atoms with Gasteiger partial charge in [0.15, 0.2) is 7.05 Å². The molecule has 0 unspecified atom stereocenters. The number of rotatable bonds is 2. The molecule has 0 spiro atoms. The van der Waals surface area contributed by atoms with Crippen LogP contribution in [0.1, 0.15) is 5.69 Å². The first kappa shape index (κ1) is 11.4. The van der Waals surface area contributed by atoms with Crippen molar-refractivity contribution in [3.8, 4) is 0 Å². The van der Waals surface area contributed by atoms with E-state index in [0.29, 0.717) is 10.7 Å². The van der Waals surface area contributed by atoms with Gasteiger partial charge >= 0.3 is 11.3 Å². The van der Waals surface area contributed by atoms with Gasteiger partial charge in [-0.25, -0.2) is 4.79 Å². The van der Waals surface area contributed by atoms with E-state index in [1.54, 1.807) is 24.3 Å². The van der Waals surface area contributed by atoms with Gasteiger partial charge in [-0.15, -0.1) is 0 Å². The molecule has 0 atom stereocenters. The number of aromatic amines is 1. The topological polar surface area (TPSA) is 85.3 Å². The lowest BCUT2D eigenvalue weighted by Crippen LogP contribution is -2.43. The van der Waals surface area contributed by atoms with Gasteiger partial charge in [-0.2, -0.15) is 0 Å². The number of hydrogen-bond acceptors (Lipinski definition) is 4. The van der Waals surface area contributed by atoms with E-state index in [1.807, 2.05) is 0 Å². The molecule has 0 aliphatic carbocycles. The normalized spacial score (nSPS) is 11.8. The van der Waals surface area contributed by atoms with Crippen LogP contribution in [0.2, 0.25) is 5.02 Å². The zero-order valence-electron chi connectivity index (χ0n) is 8.81. The fraction of sp³-hybridized carbons (Fsp3) is 0.100. The van der Waals surface area contributed by atoms with E-state index in [1.165, 1.54) is 11.7 Å². The van der Waals surface area contributed by atoms with E-state index in [-0.39, 0.29) is 5.69 Å². The molecular weight excluding hydrogens is 246 g/mol. The van der Waals surface area contributed by atoms with Crippen LogP contribution in [0.15, 0.2) is 38.6 Å². The van der Waals surface area contributed by atoms with Gasteiger partial charge in [-0.3, -0.25) is 9.52 Å². The third-order valence-corrected chi connectivity index (χ3v) is 2.32. The predicted octanol–water partition coefficient (Wildman–Crippen LogP) is -0.116. The lowest BCUT2D eigenvalue weighted by molar-refractivity contribution is -0.742. The Bertz CT molecular complexity index is 612. The second kappa shape index (κ2) is 4.42. The molecular formula is C10H8ClN3O3. The minimum Gasteiger partial charge on any atom is -0.854 e. The maximum Gasteiger partial charge on any atom is 0.435 e. The van der Waals surface area contributed by atoms with Crippen LogP contribution in [0.25, 0.3) is 0 Å². The van der Waals surface area contributed by atoms with Crippen molar-refractivity contribution >= 4 is 23.2 Å². The molecule has 1 N–H and O–H groups in total. The Morgan fingerprint density at radius 1 is 1.47 bits per heavy atom. The van der Waals surface area contributed by atoms with Crippen molar-refractivity contribution in [2.24, 2.45) is 12.0 Å². The van der Waals surface area contributed by atoms with Gasteiger partial charge in [0, 0.05) is 5.02 Å². The van der Waals surface area contributed by atoms with Crippen LogP contribution >= 0.6 is 11.6 Å². The van der Waals surface area contributed by atoms with Crippen molar-refractivity contribution in [3.63, 3.8) is 0 Å². The van der Waals surface area contributed by atoms with Crippen LogP contribution in [0.3, 0.4) is 0 Å². The highest BCUT2D eigenvalue weighted by atomic mass is 35.5. The van der Waals surface area contributed by atoms with Crippen molar-refractivity contribution < 1.29 is 14.3 Å². The molecule has 1 heterocycles. The maximum atomic E-state index is 11.7. The van der Waals surface area contributed by atoms with Crippen LogP contribution in [0.5, 0.6) is 0 Å². The molecule has 6 nitrogen and oxygen atoms in total. The Hall–Kier alpha value is -2.08. The summed E-state index contributed by atoms with van der Waals surface area (Å²) >= 11 is 5.70. The van der Waals surface area contributed by atoms with Crippen molar-refractivity contribution in [2.45, 2.75) is 0 Å². The van der Waals surface area contributed by atoms with Gasteiger partial charge in [0.1, 0.15) is 0 Å². The van der Waals surface area contributed by atoms with E-state index in [2.05, 4.69) is 14.8 Å². The quantitative estimate of drug-likeness (QED) is 0.460. The van der Waals surface area contributed by atoms with Gasteiger partial charge in [0.25, 0.3) is 0 Å². The Balaban J connectivity index is 2.41. The minimum atomic E-state index is -0.754. The van der Waals surface area contributed by atoms with Crippen LogP contribution in [0, 0.1) is 0 Å². The second-order valence-corrected chi connectivity index (χ2v) is 3.72. The molecule has 0 saturated carbocycles. The molecule has 1 aromatic carbocycles. The average Bonchev–Trinajstić information content (AvgIpc) is 2.62. The maximum absolute atomic E-state index is 11.7. The van der Waals surface area contributed by atoms with Gasteiger partial charge in [-0.05, 0) is 29.5 Å². The molecule has 0 fully saturated rings. The SMILES string of the molecule is C[n+]1[nH]oc(=O)c1C([O-])=Nc1ccc(Cl)cc1. The number of halogens is 1. The molecule has 7 heteroatoms. The first-order valence-electron chi connectivity index (χ1n) is 4.67. The number of nitrogens with zero attached hydrogens (tertiary/aromatic N) is 2. The number of aryl methyl sites for hydroxylation is 1. The lowest BCUT2D eigenvalue weighted by Gasteiger charge is -2.02. The largest absolute Gasteiger partial charge is 0.854 e. The van der Waals surface area contributed by atoms with Gasteiger partial charge in [0.05, 0.1) is 11.6 Å². The molecule has 88 valence electrons. The summed E-state index contributed by atoms with van der Waals surface area (Å²) in [6.07, 6.45) is 0. The van der Waals surface area contributed by atoms with Crippen molar-refractivity contribution in [1.29, 1.82) is 0 Å². The highest BCUT2D eigenvalue weighted by molar-refractivity contribution is 6.30. The van der Waals surface area contributed by atoms with Crippen molar-refractivity contribution in [2.75, 3.05) is 0 Å². The zero-order valence-corrected chi connectivity index (χ0v) is 9.56. The smallest absolute Gasteiger partial charge is 0.435 e. The monoisotopic (exact) mass is 253 g/mol. The summed E-state index contributed by atoms with van der Waals surface area (Å²) in [5, 5.41) is 14.5. The average molecular weight is 254 g/mol. The van der Waals surface area contributed by atoms with Gasteiger partial charge in [-0.1, -0.05) is 16.3 Å². The van der Waals surface area contributed by atoms with E-state index in [9.17, 15) is 9.90 Å². The van der Waals surface area contributed by atoms with Crippen LogP contribution in [-0.4, -0.2) is 11.2 Å². The zero-order chi connectivity index (χ0) is 12.4. The molecule has 0 amide bonds. The molecule has 0 radical (unpaired) electrons. The molecule has 0 aliphatic rings. The van der Waals surface area contributed by atoms with Crippen LogP contribution in [-0.2, 0) is 7.05 Å². The summed E-state index contributed by atoms with van der Waals surface area (Å²) in [5.74, 6) is -0.676. The van der Waals surface area contributed by atoms with E-state index >= 15 is 0 Å². The fourth-order valence-corrected chi connectivity index (χ4v) is 1.38. The third kappa shape index (κ3) is 2.36. The second-order valence-electron chi connectivity index (χ2n) is 3.28. The summed E-state index contributed by atoms with van der Waals surface area (Å²) in [6, 6.07) is 6.36. The third-order valence-electron chi connectivity index (χ3n) is 2.06. The Morgan fingerprint density at radius 2 is 2.12 bits per heavy atom. The van der Waals surface area contributed by atoms with Gasteiger partial charge in [0.2, 0.25) is 0 Å². The summed E-state index contributed by atoms with van der Waals surface area (Å²) in [6.45, 7) is 0. The first-order valence-corrected chi connectivity index (χ1v) is 5.05. The molecule has 17 heavy (non-hydrogen) atoms. The molecule has 1 aromatic heterocycles. The summed E-state index contributed by atoms with van der Waals surface area (Å²) in [4.78, 5) is 15.0. The van der Waals surface area contributed by atoms with E-state index in [4.69, 9.17) is 11.6 Å². The molecule has 2 aromatic rings. The predicted molar refractivity (Wildman–Crippen MR) is 58.2 cm³/mol. The lowest BCUT2D eigenvalue weighted by atomic mass is 10.3. The molecule has 0 bridgehead atoms. The van der Waals surface area contributed by atoms with Crippen molar-refractivity contribution in [1.82, 2.24) is 5.27 Å². The van der Waals surface area contributed by atoms with Crippen LogP contribution in [0.4, 0.5) is 5.69 Å². The fourth-order valence-electron chi connectivity index (χ4n) is 1.26. The first-order chi connectivity index (χ1) is 8.08. The minimum absolute atomic E-state index is 0.167. The molecule has 2 rings (SSSR count). The highest BCUT2D eigenvalue weighted by Gasteiger charge is 2.17. The number of hydrogen-bond donors (Lipinski definition) is 1. The number of aromatic nitrogens is 2. The highest BCUT2D eigenvalue weighted by Crippen LogP contribution is 2.16. The van der Waals surface area contributed by atoms with Crippen LogP contribution < -0.4 is 15.4 Å². The molecule has 0 saturated heterocycles. The van der Waals surface area contributed by atoms with Crippen molar-refractivity contribution in [3.05, 3.63) is 45.4 Å². The van der Waals surface area contributed by atoms with Gasteiger partial charge < -0.3 is 5.11 Å². The summed E-state index contributed by atoms with van der Waals surface area (Å²) in [5.41, 5.74) is -0.504. The summed E-state index contributed by atoms with van der Waals surface area (Å²) < 4.78 is 5.62. The number of nitrogens with one attached hydrogen (secondary N) is 1. The Labute approximate surface area is 101 Å². The Kier molecular flexibility index (Phi) is 2.97. The number of H-pyrrole nitrogens is 1. The number of benzene rings is 1. The Morgan fingerprint density at radius 3 is 2.65 bits per heavy atom. The van der Waals surface area contributed by atoms with E-state index in [0.717, 1.165) is 0 Å².